The van der Waals surface area contributed by atoms with Crippen LogP contribution in [-0.2, 0) is 10.8 Å². The number of hydrogen-bond donors (Lipinski definition) is 0. The third-order valence-electron chi connectivity index (χ3n) is 17.1. The van der Waals surface area contributed by atoms with Gasteiger partial charge in [-0.3, -0.25) is 0 Å². The monoisotopic (exact) mass is 1060 g/mol. The van der Waals surface area contributed by atoms with Gasteiger partial charge in [0.25, 0.3) is 0 Å². The third kappa shape index (κ3) is 9.40. The summed E-state index contributed by atoms with van der Waals surface area (Å²) in [5.74, 6) is 0. The van der Waals surface area contributed by atoms with Crippen LogP contribution < -0.4 is 25.5 Å². The zero-order chi connectivity index (χ0) is 56.6. The van der Waals surface area contributed by atoms with Crippen molar-refractivity contribution < 1.29 is 0 Å². The van der Waals surface area contributed by atoms with E-state index < -0.39 is 0 Å². The Labute approximate surface area is 486 Å². The number of hydrogen-bond acceptors (Lipinski definition) is 3. The maximum Gasteiger partial charge on any atom is 0.333 e. The van der Waals surface area contributed by atoms with Crippen LogP contribution in [0.3, 0.4) is 0 Å². The molecule has 2 aliphatic heterocycles. The first-order valence-electron chi connectivity index (χ1n) is 29.1. The Balaban J connectivity index is 1.14. The Bertz CT molecular complexity index is 4130. The summed E-state index contributed by atoms with van der Waals surface area (Å²) in [6, 6.07) is 91.5. The first-order valence-corrected chi connectivity index (χ1v) is 29.1. The van der Waals surface area contributed by atoms with E-state index in [9.17, 15) is 0 Å². The minimum Gasteiger partial charge on any atom is -0.376 e. The lowest BCUT2D eigenvalue weighted by molar-refractivity contribution is 0.590. The second-order valence-corrected chi connectivity index (χ2v) is 24.9. The molecule has 0 amide bonds. The smallest absolute Gasteiger partial charge is 0.333 e. The molecule has 0 spiro atoms. The van der Waals surface area contributed by atoms with E-state index >= 15 is 0 Å². The maximum atomic E-state index is 2.66. The van der Waals surface area contributed by atoms with Gasteiger partial charge < -0.3 is 14.6 Å². The van der Waals surface area contributed by atoms with E-state index in [0.29, 0.717) is 0 Å². The van der Waals surface area contributed by atoms with Crippen molar-refractivity contribution in [3.63, 3.8) is 0 Å². The van der Waals surface area contributed by atoms with Crippen molar-refractivity contribution in [1.82, 2.24) is 0 Å². The van der Waals surface area contributed by atoms with Crippen molar-refractivity contribution in [2.45, 2.75) is 80.1 Å². The summed E-state index contributed by atoms with van der Waals surface area (Å²) in [6.07, 6.45) is 0. The molecule has 2 heterocycles. The van der Waals surface area contributed by atoms with Crippen LogP contribution in [-0.4, -0.2) is 6.85 Å². The van der Waals surface area contributed by atoms with Crippen molar-refractivity contribution in [3.8, 4) is 55.6 Å². The summed E-state index contributed by atoms with van der Waals surface area (Å²) in [4.78, 5) is 7.73. The number of anilines is 8. The quantitative estimate of drug-likeness (QED) is 0.133. The minimum atomic E-state index is -0.246. The molecule has 0 radical (unpaired) electrons. The lowest BCUT2D eigenvalue weighted by atomic mass is 9.43. The predicted octanol–water partition coefficient (Wildman–Crippen LogP) is 20.4. The van der Waals surface area contributed by atoms with Gasteiger partial charge in [-0.25, -0.2) is 0 Å². The number of nitrogens with zero attached hydrogens (tertiary/aromatic N) is 3. The van der Waals surface area contributed by atoms with Gasteiger partial charge in [0.15, 0.2) is 0 Å². The van der Waals surface area contributed by atoms with Gasteiger partial charge in [-0.1, -0.05) is 199 Å². The van der Waals surface area contributed by atoms with Gasteiger partial charge in [-0.05, 0) is 218 Å². The molecule has 13 rings (SSSR count). The van der Waals surface area contributed by atoms with Crippen molar-refractivity contribution >= 4 is 63.3 Å². The molecule has 0 bridgehead atoms. The summed E-state index contributed by atoms with van der Waals surface area (Å²) < 4.78 is 0. The van der Waals surface area contributed by atoms with Crippen LogP contribution in [0.15, 0.2) is 243 Å². The van der Waals surface area contributed by atoms with Crippen molar-refractivity contribution in [1.29, 1.82) is 0 Å². The Morgan fingerprint density at radius 3 is 1.35 bits per heavy atom. The second-order valence-electron chi connectivity index (χ2n) is 24.9. The van der Waals surface area contributed by atoms with Crippen LogP contribution in [0.25, 0.3) is 55.6 Å². The fourth-order valence-electron chi connectivity index (χ4n) is 13.1. The van der Waals surface area contributed by atoms with Gasteiger partial charge in [-0.2, -0.15) is 0 Å². The predicted molar refractivity (Wildman–Crippen MR) is 353 cm³/mol. The van der Waals surface area contributed by atoms with E-state index in [2.05, 4.69) is 327 Å². The van der Waals surface area contributed by atoms with Crippen molar-refractivity contribution in [3.05, 3.63) is 276 Å². The molecule has 0 fully saturated rings. The first-order chi connectivity index (χ1) is 39.6. The molecule has 0 atom stereocenters. The summed E-state index contributed by atoms with van der Waals surface area (Å²) in [6.45, 7) is 22.6. The van der Waals surface area contributed by atoms with Crippen molar-refractivity contribution in [2.24, 2.45) is 0 Å². The summed E-state index contributed by atoms with van der Waals surface area (Å²) >= 11 is 0. The Morgan fingerprint density at radius 1 is 0.341 bits per heavy atom. The molecule has 3 nitrogen and oxygen atoms in total. The van der Waals surface area contributed by atoms with Crippen LogP contribution in [0.1, 0.15) is 74.9 Å². The average molecular weight is 1060 g/mol. The topological polar surface area (TPSA) is 9.72 Å². The highest BCUT2D eigenvalue weighted by molar-refractivity contribution is 6.93. The highest BCUT2D eigenvalue weighted by Gasteiger charge is 2.46. The third-order valence-corrected chi connectivity index (χ3v) is 17.1. The van der Waals surface area contributed by atoms with Crippen LogP contribution in [0.2, 0.25) is 0 Å². The SMILES string of the molecule is Cc1cc(C)c(-c2cc3c4c(c2)N(c2ccc(-c5ccccc5)cc2C)c2ccc(N(c5ccc(C(C)(C)C)cc5)c5ccc(C(C)(C)C)cc5)cc2B4N(c2cccc(-c4ccccc4)c2)c2ccc(-c4ccccc4)cc2-3)c(C)c1. The molecule has 0 saturated carbocycles. The molecular weight excluding hydrogens is 990 g/mol. The van der Waals surface area contributed by atoms with Crippen LogP contribution >= 0.6 is 0 Å². The second kappa shape index (κ2) is 20.5. The first kappa shape index (κ1) is 52.3. The molecule has 0 saturated heterocycles. The molecule has 4 heteroatoms. The van der Waals surface area contributed by atoms with E-state index in [1.165, 1.54) is 111 Å². The van der Waals surface area contributed by atoms with E-state index in [1.807, 2.05) is 0 Å². The molecule has 0 N–H and O–H groups in total. The number of aryl methyl sites for hydroxylation is 4. The molecule has 82 heavy (non-hydrogen) atoms. The molecule has 0 aliphatic carbocycles. The van der Waals surface area contributed by atoms with Crippen LogP contribution in [0.5, 0.6) is 0 Å². The zero-order valence-electron chi connectivity index (χ0n) is 49.0. The number of rotatable bonds is 9. The molecular formula is C78H70BN3. The van der Waals surface area contributed by atoms with Gasteiger partial charge in [0.2, 0.25) is 0 Å². The molecule has 2 aliphatic rings. The Morgan fingerprint density at radius 2 is 0.817 bits per heavy atom. The standard InChI is InChI=1S/C78H70BN3/c1-51-43-53(3)75(54(4)44-51)61-48-69-68-47-60(57-25-18-13-19-26-57)30-41-72(68)82(67-28-20-27-58(46-67)55-21-14-11-15-22-55)79-70-50-66(80(64-35-31-62(32-36-64)77(5,6)7)65-37-33-63(34-38-65)78(8,9)10)39-42-73(70)81(74(49-61)76(69)79)71-40-29-59(45-52(71)2)56-23-16-12-17-24-56/h11-50H,1-10H3. The molecule has 11 aromatic carbocycles. The normalized spacial score (nSPS) is 12.7. The summed E-state index contributed by atoms with van der Waals surface area (Å²) in [7, 11) is 0. The van der Waals surface area contributed by atoms with Gasteiger partial charge in [-0.15, -0.1) is 0 Å². The molecule has 0 aromatic heterocycles. The highest BCUT2D eigenvalue weighted by Crippen LogP contribution is 2.51. The fraction of sp³-hybridized carbons (Fsp3) is 0.154. The number of benzene rings is 11. The largest absolute Gasteiger partial charge is 0.376 e. The lowest BCUT2D eigenvalue weighted by Crippen LogP contribution is -2.61. The van der Waals surface area contributed by atoms with Gasteiger partial charge >= 0.3 is 6.85 Å². The van der Waals surface area contributed by atoms with E-state index in [-0.39, 0.29) is 17.7 Å². The van der Waals surface area contributed by atoms with Gasteiger partial charge in [0.1, 0.15) is 0 Å². The zero-order valence-corrected chi connectivity index (χ0v) is 49.0. The van der Waals surface area contributed by atoms with Crippen LogP contribution in [0.4, 0.5) is 45.5 Å². The molecule has 0 unspecified atom stereocenters. The van der Waals surface area contributed by atoms with Crippen LogP contribution in [0, 0.1) is 27.7 Å². The van der Waals surface area contributed by atoms with E-state index in [1.54, 1.807) is 0 Å². The average Bonchev–Trinajstić information content (AvgIpc) is 2.25. The maximum absolute atomic E-state index is 2.66. The van der Waals surface area contributed by atoms with Crippen molar-refractivity contribution in [2.75, 3.05) is 14.6 Å². The molecule has 400 valence electrons. The lowest BCUT2D eigenvalue weighted by Gasteiger charge is -2.46. The van der Waals surface area contributed by atoms with E-state index in [4.69, 9.17) is 0 Å². The Hall–Kier alpha value is -9.12. The minimum absolute atomic E-state index is 0.00659. The van der Waals surface area contributed by atoms with E-state index in [0.717, 1.165) is 34.1 Å². The summed E-state index contributed by atoms with van der Waals surface area (Å²) in [5.41, 5.74) is 31.3. The van der Waals surface area contributed by atoms with Gasteiger partial charge in [0.05, 0.1) is 0 Å². The fourth-order valence-corrected chi connectivity index (χ4v) is 13.1. The Kier molecular flexibility index (Phi) is 13.0. The molecule has 11 aromatic rings. The van der Waals surface area contributed by atoms with Gasteiger partial charge in [0, 0.05) is 51.1 Å². The number of fused-ring (bicyclic) bond motifs is 4. The highest BCUT2D eigenvalue weighted by atomic mass is 15.2. The summed E-state index contributed by atoms with van der Waals surface area (Å²) in [5, 5.41) is 0.